The Morgan fingerprint density at radius 2 is 2.20 bits per heavy atom. The summed E-state index contributed by atoms with van der Waals surface area (Å²) < 4.78 is 13.9. The lowest BCUT2D eigenvalue weighted by molar-refractivity contribution is 0.213. The molecule has 1 aromatic carbocycles. The Morgan fingerprint density at radius 3 is 2.73 bits per heavy atom. The zero-order valence-corrected chi connectivity index (χ0v) is 9.85. The van der Waals surface area contributed by atoms with E-state index in [-0.39, 0.29) is 11.2 Å². The molecule has 0 bridgehead atoms. The van der Waals surface area contributed by atoms with Gasteiger partial charge in [-0.05, 0) is 43.0 Å². The Hall–Kier alpha value is -0.880. The molecule has 0 atom stereocenters. The zero-order chi connectivity index (χ0) is 10.9. The molecule has 0 unspecified atom stereocenters. The third-order valence-corrected chi connectivity index (χ3v) is 3.86. The Morgan fingerprint density at radius 1 is 1.47 bits per heavy atom. The van der Waals surface area contributed by atoms with E-state index in [4.69, 9.17) is 5.26 Å². The number of hydrogen-bond acceptors (Lipinski definition) is 1. The molecule has 1 aromatic rings. The molecule has 3 heteroatoms. The van der Waals surface area contributed by atoms with E-state index in [1.165, 1.54) is 12.1 Å². The first-order valence-electron chi connectivity index (χ1n) is 5.00. The highest BCUT2D eigenvalue weighted by molar-refractivity contribution is 9.10. The predicted molar refractivity (Wildman–Crippen MR) is 59.7 cm³/mol. The molecule has 15 heavy (non-hydrogen) atoms. The lowest BCUT2D eigenvalue weighted by Crippen LogP contribution is -2.30. The zero-order valence-electron chi connectivity index (χ0n) is 8.26. The maximum absolute atomic E-state index is 13.0. The molecular weight excluding hydrogens is 257 g/mol. The number of nitrogens with zero attached hydrogens (tertiary/aromatic N) is 1. The first-order chi connectivity index (χ1) is 7.15. The van der Waals surface area contributed by atoms with E-state index in [1.807, 2.05) is 0 Å². The van der Waals surface area contributed by atoms with Gasteiger partial charge in [0.25, 0.3) is 0 Å². The minimum absolute atomic E-state index is 0.236. The number of benzene rings is 1. The minimum Gasteiger partial charge on any atom is -0.207 e. The summed E-state index contributed by atoms with van der Waals surface area (Å²) in [5.41, 5.74) is 0.660. The Labute approximate surface area is 97.0 Å². The third-order valence-electron chi connectivity index (χ3n) is 3.08. The van der Waals surface area contributed by atoms with Crippen molar-refractivity contribution < 1.29 is 4.39 Å². The van der Waals surface area contributed by atoms with Gasteiger partial charge in [0.15, 0.2) is 0 Å². The Kier molecular flexibility index (Phi) is 2.79. The summed E-state index contributed by atoms with van der Waals surface area (Å²) in [6.07, 6.45) is 3.64. The minimum atomic E-state index is -0.240. The molecule has 0 amide bonds. The van der Waals surface area contributed by atoms with Crippen LogP contribution in [0.3, 0.4) is 0 Å². The van der Waals surface area contributed by atoms with Crippen LogP contribution in [0.15, 0.2) is 22.7 Å². The summed E-state index contributed by atoms with van der Waals surface area (Å²) in [5, 5.41) is 9.10. The average Bonchev–Trinajstić information content (AvgIpc) is 2.17. The molecule has 1 nitrogen and oxygen atoms in total. The van der Waals surface area contributed by atoms with Crippen molar-refractivity contribution in [3.8, 4) is 6.07 Å². The molecule has 0 aromatic heterocycles. The van der Waals surface area contributed by atoms with Crippen molar-refractivity contribution in [3.63, 3.8) is 0 Å². The molecule has 1 fully saturated rings. The molecule has 1 aliphatic carbocycles. The SMILES string of the molecule is N#CC1(Cc2cc(F)ccc2Br)CCC1. The van der Waals surface area contributed by atoms with E-state index < -0.39 is 0 Å². The van der Waals surface area contributed by atoms with Gasteiger partial charge < -0.3 is 0 Å². The fraction of sp³-hybridized carbons (Fsp3) is 0.417. The maximum Gasteiger partial charge on any atom is 0.123 e. The normalized spacial score (nSPS) is 17.9. The predicted octanol–water partition coefficient (Wildman–Crippen LogP) is 3.82. The first-order valence-corrected chi connectivity index (χ1v) is 5.80. The topological polar surface area (TPSA) is 23.8 Å². The Bertz CT molecular complexity index is 418. The van der Waals surface area contributed by atoms with Gasteiger partial charge in [0.1, 0.15) is 5.82 Å². The molecule has 0 heterocycles. The van der Waals surface area contributed by atoms with Gasteiger partial charge in [0.2, 0.25) is 0 Å². The van der Waals surface area contributed by atoms with Gasteiger partial charge in [-0.2, -0.15) is 5.26 Å². The number of nitriles is 1. The monoisotopic (exact) mass is 267 g/mol. The van der Waals surface area contributed by atoms with Gasteiger partial charge in [0.05, 0.1) is 11.5 Å². The quantitative estimate of drug-likeness (QED) is 0.799. The van der Waals surface area contributed by atoms with Gasteiger partial charge in [-0.3, -0.25) is 0 Å². The fourth-order valence-corrected chi connectivity index (χ4v) is 2.36. The second kappa shape index (κ2) is 3.94. The van der Waals surface area contributed by atoms with Crippen molar-refractivity contribution in [2.45, 2.75) is 25.7 Å². The van der Waals surface area contributed by atoms with E-state index in [0.29, 0.717) is 6.42 Å². The maximum atomic E-state index is 13.0. The van der Waals surface area contributed by atoms with Gasteiger partial charge in [0, 0.05) is 4.47 Å². The van der Waals surface area contributed by atoms with Crippen LogP contribution in [0.4, 0.5) is 4.39 Å². The Balaban J connectivity index is 2.24. The standard InChI is InChI=1S/C12H11BrFN/c13-11-3-2-10(14)6-9(11)7-12(8-15)4-1-5-12/h2-3,6H,1,4-5,7H2. The third kappa shape index (κ3) is 2.05. The lowest BCUT2D eigenvalue weighted by Gasteiger charge is -2.35. The van der Waals surface area contributed by atoms with E-state index in [1.54, 1.807) is 6.07 Å². The average molecular weight is 268 g/mol. The van der Waals surface area contributed by atoms with E-state index >= 15 is 0 Å². The van der Waals surface area contributed by atoms with E-state index in [0.717, 1.165) is 29.3 Å². The molecular formula is C12H11BrFN. The summed E-state index contributed by atoms with van der Waals surface area (Å²) in [4.78, 5) is 0. The second-order valence-electron chi connectivity index (χ2n) is 4.16. The smallest absolute Gasteiger partial charge is 0.123 e. The second-order valence-corrected chi connectivity index (χ2v) is 5.01. The summed E-state index contributed by atoms with van der Waals surface area (Å²) in [6.45, 7) is 0. The molecule has 0 radical (unpaired) electrons. The molecule has 1 aliphatic rings. The van der Waals surface area contributed by atoms with Crippen LogP contribution in [0, 0.1) is 22.6 Å². The van der Waals surface area contributed by atoms with Gasteiger partial charge in [-0.15, -0.1) is 0 Å². The van der Waals surface area contributed by atoms with Crippen LogP contribution >= 0.6 is 15.9 Å². The van der Waals surface area contributed by atoms with Crippen LogP contribution in [0.5, 0.6) is 0 Å². The van der Waals surface area contributed by atoms with Crippen LogP contribution < -0.4 is 0 Å². The van der Waals surface area contributed by atoms with E-state index in [9.17, 15) is 4.39 Å². The van der Waals surface area contributed by atoms with Crippen molar-refractivity contribution in [3.05, 3.63) is 34.1 Å². The van der Waals surface area contributed by atoms with Gasteiger partial charge in [-0.25, -0.2) is 4.39 Å². The van der Waals surface area contributed by atoms with Crippen molar-refractivity contribution in [1.29, 1.82) is 5.26 Å². The number of hydrogen-bond donors (Lipinski definition) is 0. The van der Waals surface area contributed by atoms with Crippen LogP contribution in [-0.4, -0.2) is 0 Å². The summed E-state index contributed by atoms with van der Waals surface area (Å²) in [6, 6.07) is 7.01. The lowest BCUT2D eigenvalue weighted by atomic mass is 9.66. The molecule has 0 spiro atoms. The van der Waals surface area contributed by atoms with E-state index in [2.05, 4.69) is 22.0 Å². The number of rotatable bonds is 2. The summed E-state index contributed by atoms with van der Waals surface area (Å²) >= 11 is 3.39. The highest BCUT2D eigenvalue weighted by Gasteiger charge is 2.37. The summed E-state index contributed by atoms with van der Waals surface area (Å²) in [7, 11) is 0. The molecule has 78 valence electrons. The highest BCUT2D eigenvalue weighted by atomic mass is 79.9. The summed E-state index contributed by atoms with van der Waals surface area (Å²) in [5.74, 6) is -0.236. The van der Waals surface area contributed by atoms with Crippen molar-refractivity contribution in [2.24, 2.45) is 5.41 Å². The van der Waals surface area contributed by atoms with Crippen molar-refractivity contribution >= 4 is 15.9 Å². The molecule has 0 aliphatic heterocycles. The number of halogens is 2. The van der Waals surface area contributed by atoms with Gasteiger partial charge >= 0.3 is 0 Å². The highest BCUT2D eigenvalue weighted by Crippen LogP contribution is 2.44. The van der Waals surface area contributed by atoms with Gasteiger partial charge in [-0.1, -0.05) is 22.4 Å². The van der Waals surface area contributed by atoms with Crippen molar-refractivity contribution in [2.75, 3.05) is 0 Å². The van der Waals surface area contributed by atoms with Crippen LogP contribution in [0.1, 0.15) is 24.8 Å². The molecule has 1 saturated carbocycles. The molecule has 0 saturated heterocycles. The van der Waals surface area contributed by atoms with Crippen LogP contribution in [0.2, 0.25) is 0 Å². The largest absolute Gasteiger partial charge is 0.207 e. The fourth-order valence-electron chi connectivity index (χ4n) is 1.98. The first kappa shape index (κ1) is 10.6. The van der Waals surface area contributed by atoms with Crippen LogP contribution in [-0.2, 0) is 6.42 Å². The molecule has 2 rings (SSSR count). The van der Waals surface area contributed by atoms with Crippen LogP contribution in [0.25, 0.3) is 0 Å². The van der Waals surface area contributed by atoms with Crippen molar-refractivity contribution in [1.82, 2.24) is 0 Å². The molecule has 0 N–H and O–H groups in total.